The maximum atomic E-state index is 9.73. The molecule has 0 aliphatic heterocycles. The van der Waals surface area contributed by atoms with Gasteiger partial charge in [-0.1, -0.05) is 12.1 Å². The summed E-state index contributed by atoms with van der Waals surface area (Å²) in [6.45, 7) is 4.64. The van der Waals surface area contributed by atoms with Gasteiger partial charge < -0.3 is 13.9 Å². The van der Waals surface area contributed by atoms with Crippen molar-refractivity contribution in [3.05, 3.63) is 83.4 Å². The van der Waals surface area contributed by atoms with Crippen molar-refractivity contribution in [2.45, 2.75) is 20.4 Å². The lowest BCUT2D eigenvalue weighted by Gasteiger charge is -2.10. The van der Waals surface area contributed by atoms with Crippen LogP contribution in [0.4, 0.5) is 0 Å². The molecule has 4 aromatic rings. The van der Waals surface area contributed by atoms with Crippen molar-refractivity contribution in [1.29, 1.82) is 5.26 Å². The lowest BCUT2D eigenvalue weighted by molar-refractivity contribution is 0.414. The summed E-state index contributed by atoms with van der Waals surface area (Å²) in [6, 6.07) is 20.4. The second kappa shape index (κ2) is 7.69. The van der Waals surface area contributed by atoms with E-state index in [1.165, 1.54) is 0 Å². The van der Waals surface area contributed by atoms with Crippen LogP contribution in [0.3, 0.4) is 0 Å². The number of aromatic nitrogens is 3. The van der Waals surface area contributed by atoms with Crippen LogP contribution >= 0.6 is 0 Å². The van der Waals surface area contributed by atoms with Crippen molar-refractivity contribution in [2.75, 3.05) is 7.11 Å². The van der Waals surface area contributed by atoms with Gasteiger partial charge in [-0.05, 0) is 68.0 Å². The van der Waals surface area contributed by atoms with E-state index >= 15 is 0 Å². The Morgan fingerprint density at radius 1 is 1.14 bits per heavy atom. The summed E-state index contributed by atoms with van der Waals surface area (Å²) in [5.74, 6) is 0.829. The van der Waals surface area contributed by atoms with Crippen LogP contribution in [-0.2, 0) is 6.54 Å². The van der Waals surface area contributed by atoms with Crippen LogP contribution in [0.15, 0.2) is 66.5 Å². The number of fused-ring (bicyclic) bond motifs is 1. The fourth-order valence-corrected chi connectivity index (χ4v) is 3.68. The Balaban J connectivity index is 1.68. The first kappa shape index (κ1) is 18.6. The lowest BCUT2D eigenvalue weighted by Crippen LogP contribution is -2.00. The predicted molar refractivity (Wildman–Crippen MR) is 115 cm³/mol. The maximum absolute atomic E-state index is 9.73. The molecule has 2 aromatic heterocycles. The van der Waals surface area contributed by atoms with Crippen LogP contribution in [0.25, 0.3) is 22.8 Å². The molecule has 0 radical (unpaired) electrons. The summed E-state index contributed by atoms with van der Waals surface area (Å²) in [5.41, 5.74) is 6.96. The number of ether oxygens (including phenoxy) is 1. The summed E-state index contributed by atoms with van der Waals surface area (Å²) in [6.07, 6.45) is 3.76. The number of allylic oxidation sites excluding steroid dienone is 1. The summed E-state index contributed by atoms with van der Waals surface area (Å²) < 4.78 is 9.45. The molecule has 0 spiro atoms. The monoisotopic (exact) mass is 382 g/mol. The van der Waals surface area contributed by atoms with Crippen LogP contribution < -0.4 is 4.74 Å². The van der Waals surface area contributed by atoms with Gasteiger partial charge in [-0.2, -0.15) is 5.26 Å². The molecule has 144 valence electrons. The number of nitriles is 1. The standard InChI is InChI=1S/C24H22N4O/c1-17-12-20(18(2)28(17)21-8-10-22(29-3)11-9-21)13-19(14-25)15-27-16-26-23-6-4-5-7-24(23)27/h4-13,16H,15H2,1-3H3/b19-13-. The van der Waals surface area contributed by atoms with Gasteiger partial charge in [0.15, 0.2) is 0 Å². The summed E-state index contributed by atoms with van der Waals surface area (Å²) in [5, 5.41) is 9.73. The van der Waals surface area contributed by atoms with Crippen molar-refractivity contribution in [2.24, 2.45) is 0 Å². The number of nitrogens with zero attached hydrogens (tertiary/aromatic N) is 4. The zero-order valence-corrected chi connectivity index (χ0v) is 16.8. The molecule has 0 saturated heterocycles. The van der Waals surface area contributed by atoms with Crippen LogP contribution in [0.5, 0.6) is 5.75 Å². The molecule has 5 nitrogen and oxygen atoms in total. The number of hydrogen-bond acceptors (Lipinski definition) is 3. The predicted octanol–water partition coefficient (Wildman–Crippen LogP) is 5.06. The number of rotatable bonds is 5. The van der Waals surface area contributed by atoms with Gasteiger partial charge in [0.1, 0.15) is 5.75 Å². The molecule has 0 atom stereocenters. The lowest BCUT2D eigenvalue weighted by atomic mass is 10.1. The molecule has 2 heterocycles. The molecule has 0 bridgehead atoms. The van der Waals surface area contributed by atoms with E-state index in [0.29, 0.717) is 12.1 Å². The van der Waals surface area contributed by atoms with Gasteiger partial charge in [0.2, 0.25) is 0 Å². The molecule has 4 rings (SSSR count). The first-order valence-corrected chi connectivity index (χ1v) is 9.44. The minimum atomic E-state index is 0.489. The number of aryl methyl sites for hydroxylation is 1. The van der Waals surface area contributed by atoms with Crippen molar-refractivity contribution in [1.82, 2.24) is 14.1 Å². The number of hydrogen-bond donors (Lipinski definition) is 0. The highest BCUT2D eigenvalue weighted by molar-refractivity contribution is 5.75. The third kappa shape index (κ3) is 3.53. The molecule has 5 heteroatoms. The maximum Gasteiger partial charge on any atom is 0.119 e. The van der Waals surface area contributed by atoms with E-state index in [4.69, 9.17) is 4.74 Å². The van der Waals surface area contributed by atoms with E-state index in [1.807, 2.05) is 59.2 Å². The van der Waals surface area contributed by atoms with E-state index in [9.17, 15) is 5.26 Å². The van der Waals surface area contributed by atoms with Crippen molar-refractivity contribution < 1.29 is 4.74 Å². The molecular weight excluding hydrogens is 360 g/mol. The topological polar surface area (TPSA) is 55.8 Å². The minimum Gasteiger partial charge on any atom is -0.497 e. The van der Waals surface area contributed by atoms with Gasteiger partial charge in [-0.25, -0.2) is 4.98 Å². The van der Waals surface area contributed by atoms with Crippen molar-refractivity contribution in [3.8, 4) is 17.5 Å². The Bertz CT molecular complexity index is 1240. The summed E-state index contributed by atoms with van der Waals surface area (Å²) in [7, 11) is 1.66. The first-order chi connectivity index (χ1) is 14.1. The summed E-state index contributed by atoms with van der Waals surface area (Å²) in [4.78, 5) is 4.41. The highest BCUT2D eigenvalue weighted by Crippen LogP contribution is 2.25. The SMILES string of the molecule is COc1ccc(-n2c(C)cc(/C=C(/C#N)Cn3cnc4ccccc43)c2C)cc1. The van der Waals surface area contributed by atoms with Gasteiger partial charge in [0, 0.05) is 22.6 Å². The smallest absolute Gasteiger partial charge is 0.119 e. The largest absolute Gasteiger partial charge is 0.497 e. The number of benzene rings is 2. The fraction of sp³-hybridized carbons (Fsp3) is 0.167. The third-order valence-corrected chi connectivity index (χ3v) is 5.14. The van der Waals surface area contributed by atoms with E-state index in [1.54, 1.807) is 13.4 Å². The van der Waals surface area contributed by atoms with Gasteiger partial charge >= 0.3 is 0 Å². The van der Waals surface area contributed by atoms with Crippen LogP contribution in [0.1, 0.15) is 17.0 Å². The quantitative estimate of drug-likeness (QED) is 0.453. The van der Waals surface area contributed by atoms with E-state index in [0.717, 1.165) is 39.4 Å². The van der Waals surface area contributed by atoms with E-state index in [-0.39, 0.29) is 0 Å². The number of para-hydroxylation sites is 2. The normalized spacial score (nSPS) is 11.6. The van der Waals surface area contributed by atoms with Crippen LogP contribution in [0, 0.1) is 25.2 Å². The molecule has 29 heavy (non-hydrogen) atoms. The third-order valence-electron chi connectivity index (χ3n) is 5.14. The van der Waals surface area contributed by atoms with Gasteiger partial charge in [-0.3, -0.25) is 0 Å². The Kier molecular flexibility index (Phi) is 4.92. The molecule has 0 aliphatic carbocycles. The zero-order valence-electron chi connectivity index (χ0n) is 16.8. The van der Waals surface area contributed by atoms with Crippen LogP contribution in [0.2, 0.25) is 0 Å². The Hall–Kier alpha value is -3.78. The highest BCUT2D eigenvalue weighted by Gasteiger charge is 2.11. The first-order valence-electron chi connectivity index (χ1n) is 9.44. The fourth-order valence-electron chi connectivity index (χ4n) is 3.68. The molecule has 2 aromatic carbocycles. The van der Waals surface area contributed by atoms with E-state index in [2.05, 4.69) is 35.5 Å². The van der Waals surface area contributed by atoms with Gasteiger partial charge in [-0.15, -0.1) is 0 Å². The average Bonchev–Trinajstić information content (AvgIpc) is 3.28. The second-order valence-corrected chi connectivity index (χ2v) is 7.00. The van der Waals surface area contributed by atoms with Crippen molar-refractivity contribution >= 4 is 17.1 Å². The molecule has 0 saturated carbocycles. The second-order valence-electron chi connectivity index (χ2n) is 7.00. The Morgan fingerprint density at radius 3 is 2.62 bits per heavy atom. The minimum absolute atomic E-state index is 0.489. The molecule has 0 aliphatic rings. The molecule has 0 amide bonds. The Morgan fingerprint density at radius 2 is 1.90 bits per heavy atom. The van der Waals surface area contributed by atoms with Crippen molar-refractivity contribution in [3.63, 3.8) is 0 Å². The van der Waals surface area contributed by atoms with Crippen LogP contribution in [-0.4, -0.2) is 21.2 Å². The van der Waals surface area contributed by atoms with E-state index < -0.39 is 0 Å². The molecular formula is C24H22N4O. The number of methoxy groups -OCH3 is 1. The van der Waals surface area contributed by atoms with Gasteiger partial charge in [0.05, 0.1) is 37.1 Å². The Labute approximate surface area is 170 Å². The molecule has 0 N–H and O–H groups in total. The summed E-state index contributed by atoms with van der Waals surface area (Å²) >= 11 is 0. The van der Waals surface area contributed by atoms with Gasteiger partial charge in [0.25, 0.3) is 0 Å². The highest BCUT2D eigenvalue weighted by atomic mass is 16.5. The zero-order chi connectivity index (χ0) is 20.4. The molecule has 0 fully saturated rings. The number of imidazole rings is 1. The molecule has 0 unspecified atom stereocenters. The average molecular weight is 382 g/mol.